The molecule has 3 aromatic heterocycles. The van der Waals surface area contributed by atoms with Gasteiger partial charge in [-0.15, -0.1) is 0 Å². The normalized spacial score (nSPS) is 19.2. The molecular weight excluding hydrogens is 481 g/mol. The second-order valence-corrected chi connectivity index (χ2v) is 10.4. The number of benzene rings is 2. The van der Waals surface area contributed by atoms with Gasteiger partial charge in [-0.1, -0.05) is 47.5 Å². The first-order valence-corrected chi connectivity index (χ1v) is 12.5. The molecule has 7 nitrogen and oxygen atoms in total. The minimum atomic E-state index is 0.0953. The van der Waals surface area contributed by atoms with Gasteiger partial charge in [0.15, 0.2) is 11.0 Å². The lowest BCUT2D eigenvalue weighted by Crippen LogP contribution is -2.44. The van der Waals surface area contributed by atoms with Crippen LogP contribution in [0.1, 0.15) is 30.0 Å². The van der Waals surface area contributed by atoms with Gasteiger partial charge in [0.25, 0.3) is 0 Å². The lowest BCUT2D eigenvalue weighted by molar-refractivity contribution is 0.187. The van der Waals surface area contributed by atoms with Crippen LogP contribution in [-0.2, 0) is 6.42 Å². The lowest BCUT2D eigenvalue weighted by atomic mass is 9.73. The number of fused-ring (bicyclic) bond motifs is 3. The largest absolute Gasteiger partial charge is 0.355 e. The van der Waals surface area contributed by atoms with E-state index in [4.69, 9.17) is 38.9 Å². The average Bonchev–Trinajstić information content (AvgIpc) is 3.55. The van der Waals surface area contributed by atoms with Gasteiger partial charge in [-0.05, 0) is 47.9 Å². The zero-order valence-corrected chi connectivity index (χ0v) is 20.4. The molecular formula is C26H23Cl2N7. The predicted octanol–water partition coefficient (Wildman–Crippen LogP) is 5.42. The van der Waals surface area contributed by atoms with Crippen molar-refractivity contribution in [2.24, 2.45) is 11.1 Å². The van der Waals surface area contributed by atoms with Crippen LogP contribution in [0.5, 0.6) is 0 Å². The van der Waals surface area contributed by atoms with Crippen LogP contribution in [0.4, 0.5) is 5.82 Å². The van der Waals surface area contributed by atoms with Crippen LogP contribution >= 0.6 is 23.2 Å². The van der Waals surface area contributed by atoms with E-state index < -0.39 is 0 Å². The van der Waals surface area contributed by atoms with Crippen LogP contribution in [0.2, 0.25) is 10.2 Å². The van der Waals surface area contributed by atoms with Crippen LogP contribution < -0.4 is 10.6 Å². The maximum absolute atomic E-state index is 6.78. The number of nitrogens with zero attached hydrogens (tertiary/aromatic N) is 5. The molecule has 7 rings (SSSR count). The van der Waals surface area contributed by atoms with Gasteiger partial charge in [0.1, 0.15) is 11.3 Å². The summed E-state index contributed by atoms with van der Waals surface area (Å²) < 4.78 is 2.05. The Balaban J connectivity index is 1.22. The molecule has 0 unspecified atom stereocenters. The Hall–Kier alpha value is -3.13. The molecule has 1 aliphatic carbocycles. The summed E-state index contributed by atoms with van der Waals surface area (Å²) in [5.74, 6) is 1.68. The van der Waals surface area contributed by atoms with Gasteiger partial charge in [-0.25, -0.2) is 9.97 Å². The molecule has 1 saturated heterocycles. The Kier molecular flexibility index (Phi) is 4.65. The van der Waals surface area contributed by atoms with Crippen LogP contribution in [0.3, 0.4) is 0 Å². The number of piperidine rings is 1. The Labute approximate surface area is 211 Å². The summed E-state index contributed by atoms with van der Waals surface area (Å²) in [5, 5.41) is 8.55. The Morgan fingerprint density at radius 3 is 2.71 bits per heavy atom. The summed E-state index contributed by atoms with van der Waals surface area (Å²) >= 11 is 13.0. The number of nitrogens with one attached hydrogen (secondary N) is 1. The molecule has 9 heteroatoms. The molecule has 0 saturated carbocycles. The molecule has 5 aromatic rings. The number of aromatic nitrogens is 5. The second-order valence-electron chi connectivity index (χ2n) is 9.65. The number of aromatic amines is 1. The minimum absolute atomic E-state index is 0.0953. The standard InChI is InChI=1S/C26H23Cl2N7/c27-21-17(5-6-18-20(21)23(28)33-32-18)24-31-14-19-25(30-9-12-35(19)24)34-10-7-26(8-11-34)13-15-3-1-2-4-16(15)22(26)29/h1-6,9,12,14,22H,7-8,10-11,13,29H2,(H,32,33)/t22-/m0/s1. The van der Waals surface area contributed by atoms with E-state index in [1.807, 2.05) is 35.1 Å². The van der Waals surface area contributed by atoms with Crippen molar-refractivity contribution in [2.75, 3.05) is 18.0 Å². The van der Waals surface area contributed by atoms with Crippen molar-refractivity contribution in [3.8, 4) is 11.4 Å². The van der Waals surface area contributed by atoms with Gasteiger partial charge in [0.05, 0.1) is 22.1 Å². The number of halogens is 2. The monoisotopic (exact) mass is 503 g/mol. The van der Waals surface area contributed by atoms with Crippen LogP contribution in [0, 0.1) is 5.41 Å². The first-order chi connectivity index (χ1) is 17.1. The molecule has 4 heterocycles. The smallest absolute Gasteiger partial charge is 0.160 e. The highest BCUT2D eigenvalue weighted by Crippen LogP contribution is 2.51. The van der Waals surface area contributed by atoms with Gasteiger partial charge in [-0.3, -0.25) is 9.50 Å². The highest BCUT2D eigenvalue weighted by Gasteiger charge is 2.46. The van der Waals surface area contributed by atoms with Crippen molar-refractivity contribution in [2.45, 2.75) is 25.3 Å². The van der Waals surface area contributed by atoms with E-state index in [1.54, 1.807) is 0 Å². The number of rotatable bonds is 2. The van der Waals surface area contributed by atoms with E-state index in [0.29, 0.717) is 15.6 Å². The van der Waals surface area contributed by atoms with Crippen molar-refractivity contribution in [3.63, 3.8) is 0 Å². The van der Waals surface area contributed by atoms with Gasteiger partial charge in [-0.2, -0.15) is 5.10 Å². The van der Waals surface area contributed by atoms with Gasteiger partial charge < -0.3 is 10.6 Å². The number of H-pyrrole nitrogens is 1. The van der Waals surface area contributed by atoms with Gasteiger partial charge >= 0.3 is 0 Å². The van der Waals surface area contributed by atoms with E-state index in [2.05, 4.69) is 39.4 Å². The molecule has 2 aromatic carbocycles. The third-order valence-corrected chi connectivity index (χ3v) is 8.62. The minimum Gasteiger partial charge on any atom is -0.355 e. The topological polar surface area (TPSA) is 88.1 Å². The van der Waals surface area contributed by atoms with Crippen LogP contribution in [0.25, 0.3) is 27.8 Å². The molecule has 176 valence electrons. The molecule has 35 heavy (non-hydrogen) atoms. The molecule has 2 aliphatic rings. The molecule has 1 fully saturated rings. The zero-order valence-electron chi connectivity index (χ0n) is 18.9. The summed E-state index contributed by atoms with van der Waals surface area (Å²) in [6.45, 7) is 1.82. The van der Waals surface area contributed by atoms with Gasteiger partial charge in [0, 0.05) is 37.1 Å². The van der Waals surface area contributed by atoms with Gasteiger partial charge in [0.2, 0.25) is 0 Å². The third-order valence-electron chi connectivity index (χ3n) is 7.95. The Morgan fingerprint density at radius 1 is 1.06 bits per heavy atom. The van der Waals surface area contributed by atoms with E-state index in [-0.39, 0.29) is 11.5 Å². The zero-order chi connectivity index (χ0) is 23.7. The highest BCUT2D eigenvalue weighted by atomic mass is 35.5. The first-order valence-electron chi connectivity index (χ1n) is 11.8. The van der Waals surface area contributed by atoms with E-state index in [9.17, 15) is 0 Å². The second kappa shape index (κ2) is 7.68. The molecule has 1 spiro atoms. The van der Waals surface area contributed by atoms with Crippen LogP contribution in [0.15, 0.2) is 55.0 Å². The van der Waals surface area contributed by atoms with Crippen molar-refractivity contribution in [3.05, 3.63) is 76.3 Å². The fraction of sp³-hybridized carbons (Fsp3) is 0.269. The SMILES string of the molecule is N[C@H]1c2ccccc2CC12CCN(c1nccn3c(-c4ccc5[nH]nc(Cl)c5c4Cl)ncc13)CC2. The number of hydrogen-bond acceptors (Lipinski definition) is 5. The summed E-state index contributed by atoms with van der Waals surface area (Å²) in [5.41, 5.74) is 12.2. The fourth-order valence-electron chi connectivity index (χ4n) is 6.04. The Morgan fingerprint density at radius 2 is 1.89 bits per heavy atom. The fourth-order valence-corrected chi connectivity index (χ4v) is 6.66. The molecule has 3 N–H and O–H groups in total. The molecule has 0 bridgehead atoms. The predicted molar refractivity (Wildman–Crippen MR) is 139 cm³/mol. The maximum atomic E-state index is 6.78. The summed E-state index contributed by atoms with van der Waals surface area (Å²) in [4.78, 5) is 11.8. The Bertz CT molecular complexity index is 1600. The summed E-state index contributed by atoms with van der Waals surface area (Å²) in [6, 6.07) is 12.6. The van der Waals surface area contributed by atoms with Crippen LogP contribution in [-0.4, -0.2) is 37.7 Å². The van der Waals surface area contributed by atoms with Crippen molar-refractivity contribution in [1.29, 1.82) is 0 Å². The number of imidazole rings is 1. The van der Waals surface area contributed by atoms with Crippen molar-refractivity contribution < 1.29 is 0 Å². The quantitative estimate of drug-likeness (QED) is 0.335. The number of hydrogen-bond donors (Lipinski definition) is 2. The average molecular weight is 504 g/mol. The number of nitrogens with two attached hydrogens (primary N) is 1. The summed E-state index contributed by atoms with van der Waals surface area (Å²) in [7, 11) is 0. The van der Waals surface area contributed by atoms with Crippen molar-refractivity contribution in [1.82, 2.24) is 24.6 Å². The molecule has 1 atom stereocenters. The lowest BCUT2D eigenvalue weighted by Gasteiger charge is -2.42. The third kappa shape index (κ3) is 3.05. The maximum Gasteiger partial charge on any atom is 0.160 e. The first kappa shape index (κ1) is 21.2. The van der Waals surface area contributed by atoms with Crippen molar-refractivity contribution >= 4 is 45.4 Å². The van der Waals surface area contributed by atoms with E-state index in [1.165, 1.54) is 11.1 Å². The summed E-state index contributed by atoms with van der Waals surface area (Å²) in [6.07, 6.45) is 8.75. The molecule has 0 radical (unpaired) electrons. The molecule has 1 aliphatic heterocycles. The highest BCUT2D eigenvalue weighted by molar-refractivity contribution is 6.43. The molecule has 0 amide bonds. The van der Waals surface area contributed by atoms with E-state index in [0.717, 1.165) is 60.6 Å². The van der Waals surface area contributed by atoms with E-state index >= 15 is 0 Å². The number of anilines is 1.